The molecule has 0 aromatic heterocycles. The Bertz CT molecular complexity index is 920. The Balaban J connectivity index is 2.15. The molecule has 1 N–H and O–H groups in total. The van der Waals surface area contributed by atoms with Crippen molar-refractivity contribution >= 4 is 35.0 Å². The molecule has 0 spiro atoms. The molecule has 0 saturated heterocycles. The number of benzene rings is 2. The molecule has 0 radical (unpaired) electrons. The fourth-order valence-corrected chi connectivity index (χ4v) is 3.70. The van der Waals surface area contributed by atoms with Crippen LogP contribution in [0.2, 0.25) is 10.0 Å². The summed E-state index contributed by atoms with van der Waals surface area (Å²) in [5.74, 6) is -0.232. The van der Waals surface area contributed by atoms with Gasteiger partial charge in [-0.15, -0.1) is 0 Å². The SMILES string of the molecule is CCCNC(=O)[C@@H](C)N(Cc1ccc(Cl)c(Cl)c1)C(=O)CCc1ccc(C(C)(C)C)cc1. The summed E-state index contributed by atoms with van der Waals surface area (Å²) in [6.45, 7) is 11.2. The average molecular weight is 477 g/mol. The summed E-state index contributed by atoms with van der Waals surface area (Å²) in [4.78, 5) is 27.4. The zero-order valence-electron chi connectivity index (χ0n) is 19.7. The van der Waals surface area contributed by atoms with Gasteiger partial charge in [-0.2, -0.15) is 0 Å². The van der Waals surface area contributed by atoms with Crippen molar-refractivity contribution in [2.45, 2.75) is 71.9 Å². The molecule has 0 bridgehead atoms. The molecule has 0 fully saturated rings. The molecule has 0 aliphatic rings. The number of hydrogen-bond acceptors (Lipinski definition) is 2. The third-order valence-corrected chi connectivity index (χ3v) is 6.24. The van der Waals surface area contributed by atoms with Gasteiger partial charge in [0.15, 0.2) is 0 Å². The molecule has 174 valence electrons. The van der Waals surface area contributed by atoms with Crippen molar-refractivity contribution < 1.29 is 9.59 Å². The maximum Gasteiger partial charge on any atom is 0.242 e. The number of carbonyl (C=O) groups is 2. The number of halogens is 2. The standard InChI is InChI=1S/C26H34Cl2N2O2/c1-6-15-29-25(32)18(2)30(17-20-9-13-22(27)23(28)16-20)24(31)14-10-19-7-11-21(12-8-19)26(3,4)5/h7-9,11-13,16,18H,6,10,14-15,17H2,1-5H3,(H,29,32)/t18-/m1/s1. The van der Waals surface area contributed by atoms with Gasteiger partial charge < -0.3 is 10.2 Å². The van der Waals surface area contributed by atoms with Crippen molar-refractivity contribution in [1.82, 2.24) is 10.2 Å². The zero-order valence-corrected chi connectivity index (χ0v) is 21.2. The molecule has 32 heavy (non-hydrogen) atoms. The van der Waals surface area contributed by atoms with Gasteiger partial charge in [0.2, 0.25) is 11.8 Å². The third kappa shape index (κ3) is 7.53. The van der Waals surface area contributed by atoms with Crippen molar-refractivity contribution in [1.29, 1.82) is 0 Å². The minimum atomic E-state index is -0.591. The number of hydrogen-bond donors (Lipinski definition) is 1. The van der Waals surface area contributed by atoms with Crippen LogP contribution < -0.4 is 5.32 Å². The topological polar surface area (TPSA) is 49.4 Å². The van der Waals surface area contributed by atoms with Gasteiger partial charge in [-0.1, -0.05) is 81.2 Å². The highest BCUT2D eigenvalue weighted by molar-refractivity contribution is 6.42. The fourth-order valence-electron chi connectivity index (χ4n) is 3.38. The van der Waals surface area contributed by atoms with Crippen LogP contribution in [0.5, 0.6) is 0 Å². The second kappa shape index (κ2) is 11.7. The predicted molar refractivity (Wildman–Crippen MR) is 133 cm³/mol. The van der Waals surface area contributed by atoms with Crippen molar-refractivity contribution in [2.75, 3.05) is 6.54 Å². The number of aryl methyl sites for hydroxylation is 1. The van der Waals surface area contributed by atoms with Crippen molar-refractivity contribution in [3.05, 3.63) is 69.2 Å². The Morgan fingerprint density at radius 1 is 1.00 bits per heavy atom. The summed E-state index contributed by atoms with van der Waals surface area (Å²) in [5, 5.41) is 3.78. The van der Waals surface area contributed by atoms with E-state index in [0.717, 1.165) is 17.5 Å². The molecule has 4 nitrogen and oxygen atoms in total. The summed E-state index contributed by atoms with van der Waals surface area (Å²) in [6.07, 6.45) is 1.77. The number of nitrogens with zero attached hydrogens (tertiary/aromatic N) is 1. The van der Waals surface area contributed by atoms with Crippen molar-refractivity contribution in [2.24, 2.45) is 0 Å². The summed E-state index contributed by atoms with van der Waals surface area (Å²) < 4.78 is 0. The minimum absolute atomic E-state index is 0.0740. The van der Waals surface area contributed by atoms with Crippen molar-refractivity contribution in [3.8, 4) is 0 Å². The minimum Gasteiger partial charge on any atom is -0.354 e. The molecule has 2 amide bonds. The second-order valence-electron chi connectivity index (χ2n) is 9.18. The summed E-state index contributed by atoms with van der Waals surface area (Å²) in [7, 11) is 0. The summed E-state index contributed by atoms with van der Waals surface area (Å²) in [5.41, 5.74) is 3.28. The third-order valence-electron chi connectivity index (χ3n) is 5.50. The van der Waals surface area contributed by atoms with Crippen LogP contribution in [0.1, 0.15) is 64.2 Å². The van der Waals surface area contributed by atoms with Crippen LogP contribution >= 0.6 is 23.2 Å². The molecule has 2 rings (SSSR count). The van der Waals surface area contributed by atoms with Gasteiger partial charge in [-0.3, -0.25) is 9.59 Å². The van der Waals surface area contributed by atoms with Crippen LogP contribution in [0, 0.1) is 0 Å². The van der Waals surface area contributed by atoms with E-state index in [4.69, 9.17) is 23.2 Å². The lowest BCUT2D eigenvalue weighted by Crippen LogP contribution is -2.47. The number of nitrogens with one attached hydrogen (secondary N) is 1. The Kier molecular flexibility index (Phi) is 9.60. The van der Waals surface area contributed by atoms with Gasteiger partial charge >= 0.3 is 0 Å². The maximum atomic E-state index is 13.2. The molecule has 0 heterocycles. The Morgan fingerprint density at radius 2 is 1.62 bits per heavy atom. The highest BCUT2D eigenvalue weighted by Gasteiger charge is 2.26. The van der Waals surface area contributed by atoms with Gasteiger partial charge in [0.1, 0.15) is 6.04 Å². The molecule has 0 unspecified atom stereocenters. The smallest absolute Gasteiger partial charge is 0.242 e. The van der Waals surface area contributed by atoms with Crippen LogP contribution in [0.3, 0.4) is 0 Å². The van der Waals surface area contributed by atoms with E-state index in [0.29, 0.717) is 36.0 Å². The van der Waals surface area contributed by atoms with E-state index < -0.39 is 6.04 Å². The summed E-state index contributed by atoms with van der Waals surface area (Å²) >= 11 is 12.2. The maximum absolute atomic E-state index is 13.2. The molecule has 0 aliphatic heterocycles. The average Bonchev–Trinajstić information content (AvgIpc) is 2.75. The highest BCUT2D eigenvalue weighted by Crippen LogP contribution is 2.25. The quantitative estimate of drug-likeness (QED) is 0.470. The lowest BCUT2D eigenvalue weighted by Gasteiger charge is -2.29. The van der Waals surface area contributed by atoms with Crippen LogP contribution in [0.4, 0.5) is 0 Å². The Labute approximate surface area is 202 Å². The largest absolute Gasteiger partial charge is 0.354 e. The molecule has 1 atom stereocenters. The van der Waals surface area contributed by atoms with E-state index in [2.05, 4.69) is 50.4 Å². The second-order valence-corrected chi connectivity index (χ2v) is 10.00. The number of amides is 2. The molecular formula is C26H34Cl2N2O2. The van der Waals surface area contributed by atoms with Gasteiger partial charge in [0.25, 0.3) is 0 Å². The molecule has 6 heteroatoms. The predicted octanol–water partition coefficient (Wildman–Crippen LogP) is 6.17. The van der Waals surface area contributed by atoms with E-state index in [1.54, 1.807) is 24.0 Å². The fraction of sp³-hybridized carbons (Fsp3) is 0.462. The van der Waals surface area contributed by atoms with Crippen LogP contribution in [0.25, 0.3) is 0 Å². The number of rotatable bonds is 9. The molecule has 0 saturated carbocycles. The van der Waals surface area contributed by atoms with Crippen LogP contribution in [-0.2, 0) is 28.0 Å². The Morgan fingerprint density at radius 3 is 2.19 bits per heavy atom. The highest BCUT2D eigenvalue weighted by atomic mass is 35.5. The first-order valence-electron chi connectivity index (χ1n) is 11.1. The van der Waals surface area contributed by atoms with E-state index in [1.165, 1.54) is 5.56 Å². The molecule has 2 aromatic rings. The van der Waals surface area contributed by atoms with Crippen molar-refractivity contribution in [3.63, 3.8) is 0 Å². The molecular weight excluding hydrogens is 443 g/mol. The first-order chi connectivity index (χ1) is 15.0. The first-order valence-corrected chi connectivity index (χ1v) is 11.9. The zero-order chi connectivity index (χ0) is 23.9. The van der Waals surface area contributed by atoms with Gasteiger partial charge in [-0.25, -0.2) is 0 Å². The van der Waals surface area contributed by atoms with E-state index in [9.17, 15) is 9.59 Å². The van der Waals surface area contributed by atoms with E-state index in [-0.39, 0.29) is 17.2 Å². The number of carbonyl (C=O) groups excluding carboxylic acids is 2. The summed E-state index contributed by atoms with van der Waals surface area (Å²) in [6, 6.07) is 13.1. The normalized spacial score (nSPS) is 12.3. The van der Waals surface area contributed by atoms with Gasteiger partial charge in [0, 0.05) is 19.5 Å². The lowest BCUT2D eigenvalue weighted by atomic mass is 9.86. The van der Waals surface area contributed by atoms with Gasteiger partial charge in [0.05, 0.1) is 10.0 Å². The van der Waals surface area contributed by atoms with Gasteiger partial charge in [-0.05, 0) is 54.0 Å². The molecule has 0 aliphatic carbocycles. The molecule has 2 aromatic carbocycles. The monoisotopic (exact) mass is 476 g/mol. The van der Waals surface area contributed by atoms with E-state index >= 15 is 0 Å². The Hall–Kier alpha value is -2.04. The van der Waals surface area contributed by atoms with Crippen LogP contribution in [0.15, 0.2) is 42.5 Å². The first kappa shape index (κ1) is 26.2. The van der Waals surface area contributed by atoms with Crippen LogP contribution in [-0.4, -0.2) is 29.3 Å². The lowest BCUT2D eigenvalue weighted by molar-refractivity contribution is -0.140. The van der Waals surface area contributed by atoms with E-state index in [1.807, 2.05) is 13.0 Å².